The summed E-state index contributed by atoms with van der Waals surface area (Å²) >= 11 is 5.90. The van der Waals surface area contributed by atoms with Gasteiger partial charge in [0.15, 0.2) is 0 Å². The van der Waals surface area contributed by atoms with E-state index in [0.29, 0.717) is 13.1 Å². The summed E-state index contributed by atoms with van der Waals surface area (Å²) in [4.78, 5) is 14.4. The summed E-state index contributed by atoms with van der Waals surface area (Å²) < 4.78 is 1.77. The van der Waals surface area contributed by atoms with Crippen LogP contribution in [0.25, 0.3) is 0 Å². The molecule has 2 rings (SSSR count). The Bertz CT molecular complexity index is 679. The van der Waals surface area contributed by atoms with Crippen LogP contribution in [0.3, 0.4) is 0 Å². The number of halogens is 1. The largest absolute Gasteiger partial charge is 0.322 e. The minimum absolute atomic E-state index is 0.0278. The highest BCUT2D eigenvalue weighted by Gasteiger charge is 2.15. The molecule has 1 amide bonds. The summed E-state index contributed by atoms with van der Waals surface area (Å²) in [5.74, 6) is -0.0278. The van der Waals surface area contributed by atoms with Gasteiger partial charge in [-0.15, -0.1) is 0 Å². The van der Waals surface area contributed by atoms with Gasteiger partial charge in [0.2, 0.25) is 5.91 Å². The molecule has 23 heavy (non-hydrogen) atoms. The second kappa shape index (κ2) is 7.62. The van der Waals surface area contributed by atoms with E-state index in [1.807, 2.05) is 52.1 Å². The van der Waals surface area contributed by atoms with Gasteiger partial charge in [-0.2, -0.15) is 5.10 Å². The monoisotopic (exact) mass is 334 g/mol. The molecule has 0 spiro atoms. The number of nitrogens with one attached hydrogen (secondary N) is 1. The standard InChI is InChI=1S/C17H23ClN4O/c1-5-22(10-14-6-8-15(18)9-7-14)11-16(23)19-17-12(2)20-21(4)13(17)3/h6-9H,5,10-11H2,1-4H3,(H,19,23). The van der Waals surface area contributed by atoms with Crippen LogP contribution in [0.2, 0.25) is 5.02 Å². The lowest BCUT2D eigenvalue weighted by atomic mass is 10.2. The molecule has 6 heteroatoms. The van der Waals surface area contributed by atoms with Gasteiger partial charge in [0.05, 0.1) is 23.6 Å². The maximum Gasteiger partial charge on any atom is 0.238 e. The van der Waals surface area contributed by atoms with Gasteiger partial charge >= 0.3 is 0 Å². The SMILES string of the molecule is CCN(CC(=O)Nc1c(C)nn(C)c1C)Cc1ccc(Cl)cc1. The fourth-order valence-electron chi connectivity index (χ4n) is 2.46. The highest BCUT2D eigenvalue weighted by atomic mass is 35.5. The van der Waals surface area contributed by atoms with E-state index < -0.39 is 0 Å². The lowest BCUT2D eigenvalue weighted by Gasteiger charge is -2.20. The Hall–Kier alpha value is -1.85. The Morgan fingerprint density at radius 1 is 1.30 bits per heavy atom. The van der Waals surface area contributed by atoms with Crippen molar-refractivity contribution >= 4 is 23.2 Å². The Morgan fingerprint density at radius 3 is 2.48 bits per heavy atom. The number of carbonyl (C=O) groups is 1. The molecule has 0 fully saturated rings. The zero-order valence-electron chi connectivity index (χ0n) is 14.1. The van der Waals surface area contributed by atoms with Gasteiger partial charge in [0.25, 0.3) is 0 Å². The molecule has 0 saturated carbocycles. The first-order valence-corrected chi connectivity index (χ1v) is 8.05. The molecular weight excluding hydrogens is 312 g/mol. The quantitative estimate of drug-likeness (QED) is 0.882. The average Bonchev–Trinajstić information content (AvgIpc) is 2.75. The predicted molar refractivity (Wildman–Crippen MR) is 93.7 cm³/mol. The van der Waals surface area contributed by atoms with Crippen LogP contribution in [0.5, 0.6) is 0 Å². The molecule has 1 aromatic heterocycles. The van der Waals surface area contributed by atoms with Crippen LogP contribution >= 0.6 is 11.6 Å². The van der Waals surface area contributed by atoms with E-state index in [0.717, 1.165) is 34.2 Å². The van der Waals surface area contributed by atoms with Crippen LogP contribution in [0, 0.1) is 13.8 Å². The lowest BCUT2D eigenvalue weighted by Crippen LogP contribution is -2.33. The van der Waals surface area contributed by atoms with E-state index in [-0.39, 0.29) is 5.91 Å². The summed E-state index contributed by atoms with van der Waals surface area (Å²) in [6, 6.07) is 7.71. The summed E-state index contributed by atoms with van der Waals surface area (Å²) in [6.07, 6.45) is 0. The summed E-state index contributed by atoms with van der Waals surface area (Å²) in [7, 11) is 1.87. The van der Waals surface area contributed by atoms with Crippen LogP contribution in [-0.4, -0.2) is 33.7 Å². The van der Waals surface area contributed by atoms with E-state index in [1.165, 1.54) is 0 Å². The number of amides is 1. The molecule has 0 aliphatic rings. The zero-order valence-corrected chi connectivity index (χ0v) is 14.8. The molecule has 5 nitrogen and oxygen atoms in total. The molecule has 0 aliphatic heterocycles. The third kappa shape index (κ3) is 4.56. The molecule has 1 N–H and O–H groups in total. The van der Waals surface area contributed by atoms with Gasteiger partial charge in [0.1, 0.15) is 0 Å². The third-order valence-electron chi connectivity index (χ3n) is 3.91. The normalized spacial score (nSPS) is 11.0. The highest BCUT2D eigenvalue weighted by molar-refractivity contribution is 6.30. The number of aromatic nitrogens is 2. The fourth-order valence-corrected chi connectivity index (χ4v) is 2.59. The van der Waals surface area contributed by atoms with Crippen LogP contribution in [-0.2, 0) is 18.4 Å². The fraction of sp³-hybridized carbons (Fsp3) is 0.412. The van der Waals surface area contributed by atoms with Crippen molar-refractivity contribution in [1.82, 2.24) is 14.7 Å². The molecule has 124 valence electrons. The first-order chi connectivity index (χ1) is 10.9. The maximum atomic E-state index is 12.3. The number of likely N-dealkylation sites (N-methyl/N-ethyl adjacent to an activating group) is 1. The van der Waals surface area contributed by atoms with E-state index in [9.17, 15) is 4.79 Å². The van der Waals surface area contributed by atoms with Gasteiger partial charge in [-0.3, -0.25) is 14.4 Å². The Balaban J connectivity index is 1.98. The van der Waals surface area contributed by atoms with E-state index in [2.05, 4.69) is 15.3 Å². The van der Waals surface area contributed by atoms with Gasteiger partial charge in [0, 0.05) is 18.6 Å². The summed E-state index contributed by atoms with van der Waals surface area (Å²) in [6.45, 7) is 7.73. The van der Waals surface area contributed by atoms with Crippen LogP contribution in [0.15, 0.2) is 24.3 Å². The molecule has 1 heterocycles. The predicted octanol–water partition coefficient (Wildman–Crippen LogP) is 3.15. The van der Waals surface area contributed by atoms with Gasteiger partial charge in [-0.25, -0.2) is 0 Å². The summed E-state index contributed by atoms with van der Waals surface area (Å²) in [5.41, 5.74) is 3.73. The van der Waals surface area contributed by atoms with Gasteiger partial charge < -0.3 is 5.32 Å². The number of nitrogens with zero attached hydrogens (tertiary/aromatic N) is 3. The molecule has 2 aromatic rings. The van der Waals surface area contributed by atoms with Crippen molar-refractivity contribution in [3.05, 3.63) is 46.2 Å². The number of rotatable bonds is 6. The number of aryl methyl sites for hydroxylation is 2. The zero-order chi connectivity index (χ0) is 17.0. The average molecular weight is 335 g/mol. The minimum atomic E-state index is -0.0278. The summed E-state index contributed by atoms with van der Waals surface area (Å²) in [5, 5.41) is 8.01. The minimum Gasteiger partial charge on any atom is -0.322 e. The number of hydrogen-bond donors (Lipinski definition) is 1. The molecular formula is C17H23ClN4O. The maximum absolute atomic E-state index is 12.3. The molecule has 1 aromatic carbocycles. The van der Waals surface area contributed by atoms with Crippen LogP contribution in [0.1, 0.15) is 23.9 Å². The molecule has 0 unspecified atom stereocenters. The molecule has 0 aliphatic carbocycles. The Morgan fingerprint density at radius 2 is 1.96 bits per heavy atom. The van der Waals surface area contributed by atoms with Crippen molar-refractivity contribution in [2.24, 2.45) is 7.05 Å². The third-order valence-corrected chi connectivity index (χ3v) is 4.16. The topological polar surface area (TPSA) is 50.2 Å². The van der Waals surface area contributed by atoms with Crippen molar-refractivity contribution in [2.45, 2.75) is 27.3 Å². The Labute approximate surface area is 142 Å². The van der Waals surface area contributed by atoms with E-state index >= 15 is 0 Å². The first kappa shape index (κ1) is 17.5. The second-order valence-corrected chi connectivity index (χ2v) is 6.08. The van der Waals surface area contributed by atoms with E-state index in [4.69, 9.17) is 11.6 Å². The molecule has 0 bridgehead atoms. The Kier molecular flexibility index (Phi) is 5.80. The lowest BCUT2D eigenvalue weighted by molar-refractivity contribution is -0.117. The number of hydrogen-bond acceptors (Lipinski definition) is 3. The van der Waals surface area contributed by atoms with Crippen molar-refractivity contribution in [2.75, 3.05) is 18.4 Å². The molecule has 0 radical (unpaired) electrons. The van der Waals surface area contributed by atoms with Crippen LogP contribution < -0.4 is 5.32 Å². The van der Waals surface area contributed by atoms with Crippen molar-refractivity contribution in [1.29, 1.82) is 0 Å². The molecule has 0 saturated heterocycles. The van der Waals surface area contributed by atoms with Gasteiger partial charge in [-0.1, -0.05) is 30.7 Å². The highest BCUT2D eigenvalue weighted by Crippen LogP contribution is 2.18. The second-order valence-electron chi connectivity index (χ2n) is 5.65. The van der Waals surface area contributed by atoms with Crippen molar-refractivity contribution in [3.63, 3.8) is 0 Å². The van der Waals surface area contributed by atoms with Gasteiger partial charge in [-0.05, 0) is 38.1 Å². The first-order valence-electron chi connectivity index (χ1n) is 7.67. The van der Waals surface area contributed by atoms with Crippen molar-refractivity contribution in [3.8, 4) is 0 Å². The number of anilines is 1. The number of benzene rings is 1. The van der Waals surface area contributed by atoms with Crippen molar-refractivity contribution < 1.29 is 4.79 Å². The molecule has 0 atom stereocenters. The smallest absolute Gasteiger partial charge is 0.238 e. The van der Waals surface area contributed by atoms with E-state index in [1.54, 1.807) is 4.68 Å². The number of carbonyl (C=O) groups excluding carboxylic acids is 1. The van der Waals surface area contributed by atoms with Crippen LogP contribution in [0.4, 0.5) is 5.69 Å².